The number of H-pyrrole nitrogens is 1. The van der Waals surface area contributed by atoms with E-state index < -0.39 is 10.0 Å². The lowest BCUT2D eigenvalue weighted by molar-refractivity contribution is -0.0234. The van der Waals surface area contributed by atoms with Crippen molar-refractivity contribution < 1.29 is 17.9 Å². The van der Waals surface area contributed by atoms with Gasteiger partial charge in [-0.25, -0.2) is 12.7 Å². The van der Waals surface area contributed by atoms with Crippen LogP contribution in [0.15, 0.2) is 23.0 Å². The van der Waals surface area contributed by atoms with E-state index in [2.05, 4.69) is 4.98 Å². The van der Waals surface area contributed by atoms with Gasteiger partial charge in [-0.15, -0.1) is 0 Å². The van der Waals surface area contributed by atoms with E-state index in [0.29, 0.717) is 63.5 Å². The van der Waals surface area contributed by atoms with E-state index in [4.69, 9.17) is 9.47 Å². The van der Waals surface area contributed by atoms with E-state index in [1.807, 2.05) is 25.1 Å². The first-order chi connectivity index (χ1) is 14.9. The van der Waals surface area contributed by atoms with Crippen LogP contribution in [-0.4, -0.2) is 55.4 Å². The van der Waals surface area contributed by atoms with E-state index in [1.165, 1.54) is 0 Å². The van der Waals surface area contributed by atoms with Crippen molar-refractivity contribution in [3.8, 4) is 0 Å². The first-order valence-corrected chi connectivity index (χ1v) is 12.8. The number of pyridine rings is 1. The molecule has 31 heavy (non-hydrogen) atoms. The van der Waals surface area contributed by atoms with Crippen LogP contribution < -0.4 is 5.56 Å². The number of benzene rings is 1. The van der Waals surface area contributed by atoms with E-state index in [-0.39, 0.29) is 16.9 Å². The predicted molar refractivity (Wildman–Crippen MR) is 119 cm³/mol. The molecule has 168 valence electrons. The van der Waals surface area contributed by atoms with Crippen LogP contribution in [0, 0.1) is 12.8 Å². The Kier molecular flexibility index (Phi) is 5.66. The number of nitrogens with zero attached hydrogens (tertiary/aromatic N) is 1. The molecule has 8 heteroatoms. The van der Waals surface area contributed by atoms with E-state index >= 15 is 0 Å². The summed E-state index contributed by atoms with van der Waals surface area (Å²) >= 11 is 0. The summed E-state index contributed by atoms with van der Waals surface area (Å²) in [5.41, 5.74) is 3.10. The molecular weight excluding hydrogens is 416 g/mol. The van der Waals surface area contributed by atoms with Gasteiger partial charge in [0.25, 0.3) is 5.56 Å². The molecule has 7 nitrogen and oxygen atoms in total. The van der Waals surface area contributed by atoms with Crippen molar-refractivity contribution in [3.63, 3.8) is 0 Å². The van der Waals surface area contributed by atoms with Crippen molar-refractivity contribution in [1.82, 2.24) is 9.29 Å². The molecule has 0 saturated carbocycles. The fourth-order valence-corrected chi connectivity index (χ4v) is 7.39. The number of hydrogen-bond acceptors (Lipinski definition) is 5. The minimum Gasteiger partial charge on any atom is -0.381 e. The largest absolute Gasteiger partial charge is 0.381 e. The van der Waals surface area contributed by atoms with Gasteiger partial charge in [0.05, 0.1) is 18.0 Å². The maximum atomic E-state index is 13.0. The van der Waals surface area contributed by atoms with Crippen LogP contribution in [0.2, 0.25) is 0 Å². The number of nitrogens with one attached hydrogen (secondary N) is 1. The van der Waals surface area contributed by atoms with Gasteiger partial charge in [0.2, 0.25) is 10.0 Å². The zero-order valence-corrected chi connectivity index (χ0v) is 18.7. The number of ether oxygens (including phenoxy) is 2. The Hall–Kier alpha value is -1.74. The fourth-order valence-electron chi connectivity index (χ4n) is 5.46. The van der Waals surface area contributed by atoms with Crippen LogP contribution in [0.5, 0.6) is 0 Å². The minimum atomic E-state index is -3.26. The Bertz CT molecular complexity index is 1130. The summed E-state index contributed by atoms with van der Waals surface area (Å²) in [6.45, 7) is 4.67. The van der Waals surface area contributed by atoms with Crippen molar-refractivity contribution in [3.05, 3.63) is 45.4 Å². The molecule has 3 aliphatic rings. The molecule has 0 radical (unpaired) electrons. The van der Waals surface area contributed by atoms with Crippen LogP contribution in [0.3, 0.4) is 0 Å². The summed E-state index contributed by atoms with van der Waals surface area (Å²) in [5.74, 6) is 0.297. The Morgan fingerprint density at radius 2 is 1.84 bits per heavy atom. The molecule has 2 aromatic rings. The fraction of sp³-hybridized carbons (Fsp3) is 0.609. The number of rotatable bonds is 3. The van der Waals surface area contributed by atoms with Crippen molar-refractivity contribution in [2.45, 2.75) is 57.0 Å². The molecule has 1 aromatic heterocycles. The molecule has 2 saturated heterocycles. The van der Waals surface area contributed by atoms with Gasteiger partial charge in [-0.2, -0.15) is 0 Å². The van der Waals surface area contributed by atoms with Crippen LogP contribution in [-0.2, 0) is 32.5 Å². The Morgan fingerprint density at radius 1 is 1.10 bits per heavy atom. The normalized spacial score (nSPS) is 24.4. The number of fused-ring (bicyclic) bond motifs is 3. The zero-order valence-electron chi connectivity index (χ0n) is 17.9. The molecule has 5 rings (SSSR count). The maximum Gasteiger partial charge on any atom is 0.256 e. The van der Waals surface area contributed by atoms with Crippen molar-refractivity contribution in [2.24, 2.45) is 5.92 Å². The molecule has 1 atom stereocenters. The summed E-state index contributed by atoms with van der Waals surface area (Å²) in [6.07, 6.45) is 3.44. The van der Waals surface area contributed by atoms with Crippen molar-refractivity contribution in [1.29, 1.82) is 0 Å². The Balaban J connectivity index is 1.29. The molecular formula is C23H30N2O5S. The van der Waals surface area contributed by atoms with Crippen LogP contribution in [0.1, 0.15) is 42.5 Å². The summed E-state index contributed by atoms with van der Waals surface area (Å²) in [5, 5.41) is 1.42. The molecule has 3 aliphatic heterocycles. The van der Waals surface area contributed by atoms with Gasteiger partial charge in [0.15, 0.2) is 0 Å². The summed E-state index contributed by atoms with van der Waals surface area (Å²) in [4.78, 5) is 15.7. The molecule has 1 N–H and O–H groups in total. The summed E-state index contributed by atoms with van der Waals surface area (Å²) < 4.78 is 39.2. The quantitative estimate of drug-likeness (QED) is 0.783. The molecule has 0 spiro atoms. The van der Waals surface area contributed by atoms with Crippen molar-refractivity contribution >= 4 is 20.8 Å². The molecule has 0 aliphatic carbocycles. The average Bonchev–Trinajstić information content (AvgIpc) is 2.80. The minimum absolute atomic E-state index is 0.0116. The number of aromatic nitrogens is 1. The van der Waals surface area contributed by atoms with Gasteiger partial charge in [0.1, 0.15) is 0 Å². The smallest absolute Gasteiger partial charge is 0.256 e. The number of aromatic amines is 1. The third-order valence-corrected chi connectivity index (χ3v) is 9.67. The Morgan fingerprint density at radius 3 is 2.58 bits per heavy atom. The molecule has 0 amide bonds. The number of hydrogen-bond donors (Lipinski definition) is 1. The van der Waals surface area contributed by atoms with Gasteiger partial charge in [-0.3, -0.25) is 4.79 Å². The maximum absolute atomic E-state index is 13.0. The second kappa shape index (κ2) is 8.31. The molecule has 4 heterocycles. The van der Waals surface area contributed by atoms with Gasteiger partial charge >= 0.3 is 0 Å². The van der Waals surface area contributed by atoms with Crippen molar-refractivity contribution in [2.75, 3.05) is 26.3 Å². The average molecular weight is 447 g/mol. The highest BCUT2D eigenvalue weighted by molar-refractivity contribution is 7.89. The predicted octanol–water partition coefficient (Wildman–Crippen LogP) is 2.50. The van der Waals surface area contributed by atoms with Crippen LogP contribution >= 0.6 is 0 Å². The van der Waals surface area contributed by atoms with E-state index in [9.17, 15) is 13.2 Å². The molecule has 0 bridgehead atoms. The number of piperidine rings is 1. The first kappa shape index (κ1) is 21.1. The SMILES string of the molecule is Cc1cccc2c(=O)[nH]c3c(c12)COC(C1CCN(S(=O)(=O)C2CCOCC2)CC1)C3. The lowest BCUT2D eigenvalue weighted by Crippen LogP contribution is -2.47. The number of sulfonamides is 1. The van der Waals surface area contributed by atoms with E-state index in [1.54, 1.807) is 4.31 Å². The third kappa shape index (κ3) is 3.84. The third-order valence-electron chi connectivity index (χ3n) is 7.27. The lowest BCUT2D eigenvalue weighted by Gasteiger charge is -2.39. The molecule has 2 fully saturated rings. The Labute approximate surface area is 182 Å². The highest BCUT2D eigenvalue weighted by Gasteiger charge is 2.38. The number of aryl methyl sites for hydroxylation is 1. The standard InChI is InChI=1S/C23H30N2O5S/c1-15-3-2-4-18-22(15)19-14-30-21(13-20(19)24-23(18)26)16-5-9-25(10-6-16)31(27,28)17-7-11-29-12-8-17/h2-4,16-17,21H,5-14H2,1H3,(H,24,26). The highest BCUT2D eigenvalue weighted by atomic mass is 32.2. The van der Waals surface area contributed by atoms with Gasteiger partial charge in [-0.1, -0.05) is 12.1 Å². The van der Waals surface area contributed by atoms with Crippen LogP contribution in [0.4, 0.5) is 0 Å². The molecule has 1 aromatic carbocycles. The summed E-state index contributed by atoms with van der Waals surface area (Å²) in [6, 6.07) is 5.80. The van der Waals surface area contributed by atoms with Gasteiger partial charge in [0, 0.05) is 49.4 Å². The lowest BCUT2D eigenvalue weighted by atomic mass is 9.86. The topological polar surface area (TPSA) is 88.7 Å². The van der Waals surface area contributed by atoms with Gasteiger partial charge in [-0.05, 0) is 55.5 Å². The first-order valence-electron chi connectivity index (χ1n) is 11.3. The van der Waals surface area contributed by atoms with E-state index in [0.717, 1.165) is 35.0 Å². The highest BCUT2D eigenvalue weighted by Crippen LogP contribution is 2.34. The molecule has 1 unspecified atom stereocenters. The summed E-state index contributed by atoms with van der Waals surface area (Å²) in [7, 11) is -3.26. The zero-order chi connectivity index (χ0) is 21.6. The second-order valence-electron chi connectivity index (χ2n) is 9.06. The van der Waals surface area contributed by atoms with Crippen LogP contribution in [0.25, 0.3) is 10.8 Å². The second-order valence-corrected chi connectivity index (χ2v) is 11.3. The monoisotopic (exact) mass is 446 g/mol. The van der Waals surface area contributed by atoms with Gasteiger partial charge < -0.3 is 14.5 Å².